The van der Waals surface area contributed by atoms with Crippen molar-refractivity contribution in [2.45, 2.75) is 37.3 Å². The zero-order valence-corrected chi connectivity index (χ0v) is 11.5. The quantitative estimate of drug-likeness (QED) is 0.243. The zero-order valence-electron chi connectivity index (χ0n) is 9.72. The predicted molar refractivity (Wildman–Crippen MR) is 64.3 cm³/mol. The van der Waals surface area contributed by atoms with Gasteiger partial charge in [-0.1, -0.05) is 0 Å². The van der Waals surface area contributed by atoms with Crippen LogP contribution in [0.4, 0.5) is 0 Å². The van der Waals surface area contributed by atoms with E-state index < -0.39 is 32.7 Å². The summed E-state index contributed by atoms with van der Waals surface area (Å²) in [6, 6.07) is -0.678. The van der Waals surface area contributed by atoms with Gasteiger partial charge in [-0.05, 0) is 26.2 Å². The highest BCUT2D eigenvalue weighted by atomic mass is 31.2. The Balaban J connectivity index is 4.83. The van der Waals surface area contributed by atoms with Crippen LogP contribution in [0.2, 0.25) is 0 Å². The number of rotatable bonds is 7. The van der Waals surface area contributed by atoms with Crippen LogP contribution in [0, 0.1) is 5.41 Å². The van der Waals surface area contributed by atoms with Gasteiger partial charge in [0.1, 0.15) is 0 Å². The van der Waals surface area contributed by atoms with E-state index in [9.17, 15) is 14.2 Å². The van der Waals surface area contributed by atoms with Crippen LogP contribution in [0.3, 0.4) is 0 Å². The first-order chi connectivity index (χ1) is 7.83. The van der Waals surface area contributed by atoms with Crippen molar-refractivity contribution in [3.63, 3.8) is 0 Å². The van der Waals surface area contributed by atoms with Gasteiger partial charge in [0.05, 0.1) is 0 Å². The smallest absolute Gasteiger partial charge is 0.368 e. The Labute approximate surface area is 104 Å². The topological polar surface area (TPSA) is 185 Å². The molecular weight excluding hydrogens is 286 g/mol. The first kappa shape index (κ1) is 17.9. The standard InChI is InChI=1S/C7H18N2O7P2/c1-5(8)6(9)3-2-4-7(10,17(11,12)13)18(14,15)16/h6,8,10H,2-4,9H2,1H3,(H2,11,12,13)(H2,14,15,16). The molecule has 0 bridgehead atoms. The predicted octanol–water partition coefficient (Wildman–Crippen LogP) is -0.475. The molecule has 0 aliphatic heterocycles. The number of aliphatic hydroxyl groups is 1. The van der Waals surface area contributed by atoms with Gasteiger partial charge in [0.15, 0.2) is 0 Å². The third-order valence-electron chi connectivity index (χ3n) is 2.52. The van der Waals surface area contributed by atoms with Gasteiger partial charge in [0.2, 0.25) is 0 Å². The molecular formula is C7H18N2O7P2. The van der Waals surface area contributed by atoms with Gasteiger partial charge in [0, 0.05) is 11.8 Å². The summed E-state index contributed by atoms with van der Waals surface area (Å²) in [6.07, 6.45) is -0.857. The molecule has 0 aromatic carbocycles. The molecule has 0 rings (SSSR count). The molecule has 0 fully saturated rings. The van der Waals surface area contributed by atoms with Gasteiger partial charge in [-0.15, -0.1) is 0 Å². The van der Waals surface area contributed by atoms with Crippen LogP contribution in [0.15, 0.2) is 0 Å². The van der Waals surface area contributed by atoms with E-state index >= 15 is 0 Å². The van der Waals surface area contributed by atoms with Gasteiger partial charge in [-0.25, -0.2) is 0 Å². The van der Waals surface area contributed by atoms with Crippen molar-refractivity contribution in [1.29, 1.82) is 5.41 Å². The average Bonchev–Trinajstić information content (AvgIpc) is 2.13. The first-order valence-corrected chi connectivity index (χ1v) is 8.19. The normalized spacial score (nSPS) is 15.5. The molecule has 0 aromatic heterocycles. The van der Waals surface area contributed by atoms with E-state index in [2.05, 4.69) is 0 Å². The summed E-state index contributed by atoms with van der Waals surface area (Å²) in [5, 5.41) is 13.3. The molecule has 0 saturated heterocycles. The van der Waals surface area contributed by atoms with Crippen LogP contribution in [0.1, 0.15) is 26.2 Å². The Morgan fingerprint density at radius 3 is 1.94 bits per heavy atom. The SMILES string of the molecule is CC(=N)C(N)CCCC(O)(P(=O)(O)O)P(=O)(O)O. The van der Waals surface area contributed by atoms with Gasteiger partial charge in [-0.3, -0.25) is 9.13 Å². The number of nitrogens with two attached hydrogens (primary N) is 1. The molecule has 1 unspecified atom stereocenters. The van der Waals surface area contributed by atoms with E-state index in [0.29, 0.717) is 0 Å². The van der Waals surface area contributed by atoms with E-state index in [1.54, 1.807) is 0 Å². The van der Waals surface area contributed by atoms with Gasteiger partial charge in [0.25, 0.3) is 5.08 Å². The second kappa shape index (κ2) is 5.90. The Kier molecular flexibility index (Phi) is 5.86. The summed E-state index contributed by atoms with van der Waals surface area (Å²) in [5.41, 5.74) is 5.60. The fraction of sp³-hybridized carbons (Fsp3) is 0.857. The summed E-state index contributed by atoms with van der Waals surface area (Å²) in [4.78, 5) is 35.4. The molecule has 18 heavy (non-hydrogen) atoms. The van der Waals surface area contributed by atoms with E-state index in [1.165, 1.54) is 6.92 Å². The zero-order chi connectivity index (χ0) is 14.8. The van der Waals surface area contributed by atoms with Gasteiger partial charge in [-0.2, -0.15) is 0 Å². The third kappa shape index (κ3) is 4.22. The molecule has 0 saturated carbocycles. The van der Waals surface area contributed by atoms with Gasteiger partial charge >= 0.3 is 15.2 Å². The highest BCUT2D eigenvalue weighted by Gasteiger charge is 2.58. The van der Waals surface area contributed by atoms with Crippen molar-refractivity contribution < 1.29 is 33.8 Å². The lowest BCUT2D eigenvalue weighted by Crippen LogP contribution is -2.31. The Hall–Kier alpha value is -0.110. The maximum absolute atomic E-state index is 11.0. The van der Waals surface area contributed by atoms with Crippen LogP contribution in [-0.2, 0) is 9.13 Å². The van der Waals surface area contributed by atoms with Gasteiger partial charge < -0.3 is 35.8 Å². The minimum atomic E-state index is -5.39. The van der Waals surface area contributed by atoms with Crippen molar-refractivity contribution in [2.24, 2.45) is 5.73 Å². The lowest BCUT2D eigenvalue weighted by Gasteiger charge is -2.29. The van der Waals surface area contributed by atoms with Crippen LogP contribution in [0.25, 0.3) is 0 Å². The molecule has 0 amide bonds. The lowest BCUT2D eigenvalue weighted by atomic mass is 10.1. The Bertz CT molecular complexity index is 379. The highest BCUT2D eigenvalue weighted by Crippen LogP contribution is 2.69. The summed E-state index contributed by atoms with van der Waals surface area (Å²) in [5.74, 6) is 0. The number of hydrogen-bond donors (Lipinski definition) is 7. The van der Waals surface area contributed by atoms with E-state index in [-0.39, 0.29) is 18.6 Å². The first-order valence-electron chi connectivity index (χ1n) is 4.97. The molecule has 0 spiro atoms. The second-order valence-corrected chi connectivity index (χ2v) is 8.05. The number of nitrogens with one attached hydrogen (secondary N) is 1. The average molecular weight is 304 g/mol. The third-order valence-corrected chi connectivity index (χ3v) is 6.39. The Morgan fingerprint density at radius 2 is 1.67 bits per heavy atom. The summed E-state index contributed by atoms with van der Waals surface area (Å²) >= 11 is 0. The summed E-state index contributed by atoms with van der Waals surface area (Å²) in [6.45, 7) is 1.43. The Morgan fingerprint density at radius 1 is 1.28 bits per heavy atom. The molecule has 8 N–H and O–H groups in total. The molecule has 0 radical (unpaired) electrons. The van der Waals surface area contributed by atoms with Crippen LogP contribution < -0.4 is 5.73 Å². The molecule has 0 aromatic rings. The summed E-state index contributed by atoms with van der Waals surface area (Å²) < 4.78 is 22.0. The van der Waals surface area contributed by atoms with E-state index in [1.807, 2.05) is 0 Å². The molecule has 9 nitrogen and oxygen atoms in total. The molecule has 11 heteroatoms. The lowest BCUT2D eigenvalue weighted by molar-refractivity contribution is 0.120. The molecule has 0 aliphatic rings. The highest BCUT2D eigenvalue weighted by molar-refractivity contribution is 7.72. The second-order valence-electron chi connectivity index (χ2n) is 4.04. The van der Waals surface area contributed by atoms with Crippen LogP contribution >= 0.6 is 15.2 Å². The van der Waals surface area contributed by atoms with Crippen LogP contribution in [0.5, 0.6) is 0 Å². The monoisotopic (exact) mass is 304 g/mol. The largest absolute Gasteiger partial charge is 0.369 e. The fourth-order valence-electron chi connectivity index (χ4n) is 1.24. The van der Waals surface area contributed by atoms with Crippen molar-refractivity contribution in [3.8, 4) is 0 Å². The van der Waals surface area contributed by atoms with Crippen molar-refractivity contribution in [1.82, 2.24) is 0 Å². The maximum Gasteiger partial charge on any atom is 0.369 e. The van der Waals surface area contributed by atoms with Crippen molar-refractivity contribution in [2.75, 3.05) is 0 Å². The van der Waals surface area contributed by atoms with E-state index in [0.717, 1.165) is 0 Å². The number of hydrogen-bond acceptors (Lipinski definition) is 5. The molecule has 1 atom stereocenters. The molecule has 0 heterocycles. The minimum Gasteiger partial charge on any atom is -0.368 e. The van der Waals surface area contributed by atoms with E-state index in [4.69, 9.17) is 30.7 Å². The maximum atomic E-state index is 11.0. The van der Waals surface area contributed by atoms with Crippen molar-refractivity contribution in [3.05, 3.63) is 0 Å². The molecule has 108 valence electrons. The summed E-state index contributed by atoms with van der Waals surface area (Å²) in [7, 11) is -10.8. The molecule has 0 aliphatic carbocycles. The van der Waals surface area contributed by atoms with Crippen LogP contribution in [-0.4, -0.2) is 41.5 Å². The fourth-order valence-corrected chi connectivity index (χ4v) is 3.49. The minimum absolute atomic E-state index is 0.0810. The van der Waals surface area contributed by atoms with Crippen molar-refractivity contribution >= 4 is 20.9 Å².